The first-order chi connectivity index (χ1) is 10.7. The molecule has 0 heterocycles. The Morgan fingerprint density at radius 2 is 1.82 bits per heavy atom. The summed E-state index contributed by atoms with van der Waals surface area (Å²) in [6.07, 6.45) is 0. The minimum absolute atomic E-state index is 0.00113. The molecule has 0 bridgehead atoms. The van der Waals surface area contributed by atoms with Crippen molar-refractivity contribution in [3.63, 3.8) is 0 Å². The number of amides is 1. The Kier molecular flexibility index (Phi) is 5.98. The van der Waals surface area contributed by atoms with Crippen LogP contribution in [0.3, 0.4) is 0 Å². The molecule has 0 spiro atoms. The van der Waals surface area contributed by atoms with E-state index in [1.54, 1.807) is 0 Å². The van der Waals surface area contributed by atoms with Crippen LogP contribution in [-0.4, -0.2) is 25.6 Å². The van der Waals surface area contributed by atoms with Crippen LogP contribution in [-0.2, 0) is 4.79 Å². The molecule has 0 saturated carbocycles. The minimum Gasteiger partial charge on any atom is -0.483 e. The third-order valence-corrected chi connectivity index (χ3v) is 3.38. The van der Waals surface area contributed by atoms with Crippen molar-refractivity contribution >= 4 is 5.91 Å². The molecule has 0 fully saturated rings. The van der Waals surface area contributed by atoms with Gasteiger partial charge in [-0.25, -0.2) is 0 Å². The van der Waals surface area contributed by atoms with Gasteiger partial charge in [-0.15, -0.1) is 0 Å². The summed E-state index contributed by atoms with van der Waals surface area (Å²) in [4.78, 5) is 11.8. The first-order valence-electron chi connectivity index (χ1n) is 7.44. The fourth-order valence-electron chi connectivity index (χ4n) is 2.01. The lowest BCUT2D eigenvalue weighted by Crippen LogP contribution is -2.34. The summed E-state index contributed by atoms with van der Waals surface area (Å²) in [5.74, 6) is 0.833. The maximum absolute atomic E-state index is 11.8. The van der Waals surface area contributed by atoms with Crippen molar-refractivity contribution in [2.24, 2.45) is 11.7 Å². The normalized spacial score (nSPS) is 11.7. The number of benzene rings is 2. The molecule has 22 heavy (non-hydrogen) atoms. The first-order valence-corrected chi connectivity index (χ1v) is 7.44. The summed E-state index contributed by atoms with van der Waals surface area (Å²) in [5.41, 5.74) is 7.57. The molecule has 3 N–H and O–H groups in total. The van der Waals surface area contributed by atoms with E-state index < -0.39 is 0 Å². The SMILES string of the molecule is CC(CN)CNC(=O)COc1ccccc1-c1ccccc1. The van der Waals surface area contributed by atoms with Gasteiger partial charge in [0.15, 0.2) is 6.61 Å². The molecular formula is C18H22N2O2. The summed E-state index contributed by atoms with van der Waals surface area (Å²) in [6.45, 7) is 3.12. The molecule has 1 amide bonds. The smallest absolute Gasteiger partial charge is 0.257 e. The maximum Gasteiger partial charge on any atom is 0.257 e. The van der Waals surface area contributed by atoms with Gasteiger partial charge in [0.1, 0.15) is 5.75 Å². The van der Waals surface area contributed by atoms with Crippen LogP contribution in [0.5, 0.6) is 5.75 Å². The van der Waals surface area contributed by atoms with Crippen LogP contribution in [0, 0.1) is 5.92 Å². The van der Waals surface area contributed by atoms with Gasteiger partial charge in [-0.05, 0) is 24.1 Å². The quantitative estimate of drug-likeness (QED) is 0.825. The molecule has 0 aliphatic carbocycles. The van der Waals surface area contributed by atoms with Crippen molar-refractivity contribution in [2.75, 3.05) is 19.7 Å². The highest BCUT2D eigenvalue weighted by Gasteiger charge is 2.08. The summed E-state index contributed by atoms with van der Waals surface area (Å²) in [7, 11) is 0. The van der Waals surface area contributed by atoms with Gasteiger partial charge in [0.05, 0.1) is 0 Å². The Morgan fingerprint density at radius 1 is 1.14 bits per heavy atom. The zero-order valence-electron chi connectivity index (χ0n) is 12.8. The van der Waals surface area contributed by atoms with Crippen LogP contribution >= 0.6 is 0 Å². The zero-order chi connectivity index (χ0) is 15.8. The largest absolute Gasteiger partial charge is 0.483 e. The third kappa shape index (κ3) is 4.60. The second-order valence-electron chi connectivity index (χ2n) is 5.30. The van der Waals surface area contributed by atoms with Crippen LogP contribution in [0.4, 0.5) is 0 Å². The van der Waals surface area contributed by atoms with E-state index in [9.17, 15) is 4.79 Å². The van der Waals surface area contributed by atoms with Gasteiger partial charge < -0.3 is 15.8 Å². The highest BCUT2D eigenvalue weighted by molar-refractivity contribution is 5.78. The first kappa shape index (κ1) is 16.0. The van der Waals surface area contributed by atoms with Crippen LogP contribution in [0.2, 0.25) is 0 Å². The van der Waals surface area contributed by atoms with E-state index in [0.717, 1.165) is 11.1 Å². The van der Waals surface area contributed by atoms with Crippen molar-refractivity contribution in [1.29, 1.82) is 0 Å². The topological polar surface area (TPSA) is 64.3 Å². The van der Waals surface area contributed by atoms with Gasteiger partial charge in [-0.1, -0.05) is 55.5 Å². The average Bonchev–Trinajstić information content (AvgIpc) is 2.58. The Labute approximate surface area is 131 Å². The van der Waals surface area contributed by atoms with E-state index in [4.69, 9.17) is 10.5 Å². The molecule has 0 radical (unpaired) electrons. The molecule has 0 aliphatic rings. The molecule has 116 valence electrons. The van der Waals surface area contributed by atoms with Crippen molar-refractivity contribution in [3.8, 4) is 16.9 Å². The predicted octanol–water partition coefficient (Wildman–Crippen LogP) is 2.44. The monoisotopic (exact) mass is 298 g/mol. The molecule has 0 aromatic heterocycles. The van der Waals surface area contributed by atoms with Crippen LogP contribution < -0.4 is 15.8 Å². The molecule has 4 heteroatoms. The Bertz CT molecular complexity index is 599. The number of rotatable bonds is 7. The predicted molar refractivity (Wildman–Crippen MR) is 88.6 cm³/mol. The maximum atomic E-state index is 11.8. The van der Waals surface area contributed by atoms with Crippen LogP contribution in [0.1, 0.15) is 6.92 Å². The van der Waals surface area contributed by atoms with Crippen molar-refractivity contribution in [3.05, 3.63) is 54.6 Å². The minimum atomic E-state index is -0.136. The highest BCUT2D eigenvalue weighted by atomic mass is 16.5. The number of carbonyl (C=O) groups excluding carboxylic acids is 1. The lowest BCUT2D eigenvalue weighted by Gasteiger charge is -2.13. The highest BCUT2D eigenvalue weighted by Crippen LogP contribution is 2.29. The fourth-order valence-corrected chi connectivity index (χ4v) is 2.01. The number of hydrogen-bond donors (Lipinski definition) is 2. The van der Waals surface area contributed by atoms with Crippen LogP contribution in [0.25, 0.3) is 11.1 Å². The van der Waals surface area contributed by atoms with Crippen LogP contribution in [0.15, 0.2) is 54.6 Å². The van der Waals surface area contributed by atoms with Gasteiger partial charge >= 0.3 is 0 Å². The van der Waals surface area contributed by atoms with Gasteiger partial charge in [0, 0.05) is 12.1 Å². The van der Waals surface area contributed by atoms with E-state index in [0.29, 0.717) is 18.8 Å². The molecular weight excluding hydrogens is 276 g/mol. The van der Waals surface area contributed by atoms with Gasteiger partial charge in [0.2, 0.25) is 0 Å². The van der Waals surface area contributed by atoms with Crippen molar-refractivity contribution in [1.82, 2.24) is 5.32 Å². The Balaban J connectivity index is 1.98. The van der Waals surface area contributed by atoms with Gasteiger partial charge in [-0.2, -0.15) is 0 Å². The lowest BCUT2D eigenvalue weighted by atomic mass is 10.1. The zero-order valence-corrected chi connectivity index (χ0v) is 12.8. The number of ether oxygens (including phenoxy) is 1. The summed E-state index contributed by atoms with van der Waals surface area (Å²) in [6, 6.07) is 17.7. The Morgan fingerprint density at radius 3 is 2.55 bits per heavy atom. The molecule has 4 nitrogen and oxygen atoms in total. The third-order valence-electron chi connectivity index (χ3n) is 3.38. The summed E-state index contributed by atoms with van der Waals surface area (Å²) >= 11 is 0. The van der Waals surface area contributed by atoms with E-state index in [-0.39, 0.29) is 18.4 Å². The molecule has 2 aromatic rings. The molecule has 2 aromatic carbocycles. The molecule has 2 rings (SSSR count). The average molecular weight is 298 g/mol. The van der Waals surface area contributed by atoms with Crippen molar-refractivity contribution in [2.45, 2.75) is 6.92 Å². The number of nitrogens with two attached hydrogens (primary N) is 1. The standard InChI is InChI=1S/C18H22N2O2/c1-14(11-19)12-20-18(21)13-22-17-10-6-5-9-16(17)15-7-3-2-4-8-15/h2-10,14H,11-13,19H2,1H3,(H,20,21). The summed E-state index contributed by atoms with van der Waals surface area (Å²) in [5, 5.41) is 2.82. The fraction of sp³-hybridized carbons (Fsp3) is 0.278. The number of para-hydroxylation sites is 1. The second-order valence-corrected chi connectivity index (χ2v) is 5.30. The molecule has 0 saturated heterocycles. The molecule has 1 atom stereocenters. The van der Waals surface area contributed by atoms with Gasteiger partial charge in [0.25, 0.3) is 5.91 Å². The van der Waals surface area contributed by atoms with E-state index >= 15 is 0 Å². The Hall–Kier alpha value is -2.33. The summed E-state index contributed by atoms with van der Waals surface area (Å²) < 4.78 is 5.68. The number of carbonyl (C=O) groups is 1. The van der Waals surface area contributed by atoms with E-state index in [1.165, 1.54) is 0 Å². The van der Waals surface area contributed by atoms with Crippen molar-refractivity contribution < 1.29 is 9.53 Å². The van der Waals surface area contributed by atoms with E-state index in [1.807, 2.05) is 61.5 Å². The van der Waals surface area contributed by atoms with E-state index in [2.05, 4.69) is 5.32 Å². The second kappa shape index (κ2) is 8.20. The molecule has 1 unspecified atom stereocenters. The lowest BCUT2D eigenvalue weighted by molar-refractivity contribution is -0.123. The number of nitrogens with one attached hydrogen (secondary N) is 1. The molecule has 0 aliphatic heterocycles. The number of hydrogen-bond acceptors (Lipinski definition) is 3. The van der Waals surface area contributed by atoms with Gasteiger partial charge in [-0.3, -0.25) is 4.79 Å².